The number of hydrogen-bond donors (Lipinski definition) is 2. The van der Waals surface area contributed by atoms with E-state index in [1.807, 2.05) is 0 Å². The predicted octanol–water partition coefficient (Wildman–Crippen LogP) is 2.48. The van der Waals surface area contributed by atoms with Crippen molar-refractivity contribution in [3.05, 3.63) is 50.8 Å². The molecule has 1 heterocycles. The molecule has 2 rings (SSSR count). The van der Waals surface area contributed by atoms with E-state index in [-0.39, 0.29) is 17.4 Å². The van der Waals surface area contributed by atoms with Gasteiger partial charge in [-0.05, 0) is 17.7 Å². The number of nitrogens with zero attached hydrogens (tertiary/aromatic N) is 1. The SMILES string of the molecule is Nc1cc(=O)n(Cc2ccc(Cl)c(C(F)(F)F)c2)[nH]1. The molecule has 0 radical (unpaired) electrons. The second-order valence-electron chi connectivity index (χ2n) is 3.95. The lowest BCUT2D eigenvalue weighted by Crippen LogP contribution is -2.17. The highest BCUT2D eigenvalue weighted by molar-refractivity contribution is 6.31. The van der Waals surface area contributed by atoms with Gasteiger partial charge in [-0.25, -0.2) is 4.68 Å². The summed E-state index contributed by atoms with van der Waals surface area (Å²) in [5.41, 5.74) is 4.32. The average Bonchev–Trinajstić information content (AvgIpc) is 2.58. The zero-order valence-corrected chi connectivity index (χ0v) is 10.2. The van der Waals surface area contributed by atoms with Crippen molar-refractivity contribution in [3.63, 3.8) is 0 Å². The third-order valence-corrected chi connectivity index (χ3v) is 2.82. The quantitative estimate of drug-likeness (QED) is 0.893. The van der Waals surface area contributed by atoms with Crippen LogP contribution in [-0.4, -0.2) is 9.78 Å². The molecule has 2 aromatic rings. The van der Waals surface area contributed by atoms with Crippen LogP contribution in [0.1, 0.15) is 11.1 Å². The highest BCUT2D eigenvalue weighted by atomic mass is 35.5. The topological polar surface area (TPSA) is 63.8 Å². The molecule has 0 aliphatic heterocycles. The highest BCUT2D eigenvalue weighted by Gasteiger charge is 2.33. The van der Waals surface area contributed by atoms with E-state index >= 15 is 0 Å². The number of nitrogens with two attached hydrogens (primary N) is 1. The van der Waals surface area contributed by atoms with Gasteiger partial charge in [0.05, 0.1) is 17.1 Å². The molecule has 3 N–H and O–H groups in total. The molecule has 19 heavy (non-hydrogen) atoms. The molecule has 0 aliphatic rings. The van der Waals surface area contributed by atoms with Gasteiger partial charge in [-0.2, -0.15) is 13.2 Å². The first kappa shape index (κ1) is 13.5. The first-order valence-electron chi connectivity index (χ1n) is 5.18. The molecule has 0 saturated carbocycles. The minimum Gasteiger partial charge on any atom is -0.384 e. The number of anilines is 1. The number of aromatic amines is 1. The Labute approximate surface area is 110 Å². The van der Waals surface area contributed by atoms with Crippen molar-refractivity contribution in [2.45, 2.75) is 12.7 Å². The minimum absolute atomic E-state index is 0.0454. The molecule has 0 amide bonds. The molecule has 0 unspecified atom stereocenters. The Kier molecular flexibility index (Phi) is 3.32. The molecule has 1 aromatic carbocycles. The number of rotatable bonds is 2. The van der Waals surface area contributed by atoms with Gasteiger partial charge in [0, 0.05) is 6.07 Å². The van der Waals surface area contributed by atoms with Crippen molar-refractivity contribution < 1.29 is 13.2 Å². The minimum atomic E-state index is -4.53. The van der Waals surface area contributed by atoms with E-state index < -0.39 is 17.3 Å². The van der Waals surface area contributed by atoms with Crippen molar-refractivity contribution in [1.82, 2.24) is 9.78 Å². The van der Waals surface area contributed by atoms with Crippen LogP contribution in [0.3, 0.4) is 0 Å². The third kappa shape index (κ3) is 2.93. The number of aromatic nitrogens is 2. The molecule has 0 spiro atoms. The summed E-state index contributed by atoms with van der Waals surface area (Å²) in [5.74, 6) is 0.148. The number of H-pyrrole nitrogens is 1. The Morgan fingerprint density at radius 3 is 2.53 bits per heavy atom. The van der Waals surface area contributed by atoms with Crippen molar-refractivity contribution in [2.75, 3.05) is 5.73 Å². The van der Waals surface area contributed by atoms with E-state index in [0.29, 0.717) is 5.56 Å². The van der Waals surface area contributed by atoms with Crippen LogP contribution < -0.4 is 11.3 Å². The van der Waals surface area contributed by atoms with Crippen molar-refractivity contribution in [3.8, 4) is 0 Å². The van der Waals surface area contributed by atoms with Gasteiger partial charge in [-0.3, -0.25) is 9.89 Å². The summed E-state index contributed by atoms with van der Waals surface area (Å²) in [7, 11) is 0. The molecule has 8 heteroatoms. The third-order valence-electron chi connectivity index (χ3n) is 2.49. The zero-order valence-electron chi connectivity index (χ0n) is 9.46. The summed E-state index contributed by atoms with van der Waals surface area (Å²) < 4.78 is 39.1. The van der Waals surface area contributed by atoms with Crippen LogP contribution in [0, 0.1) is 0 Å². The maximum atomic E-state index is 12.7. The largest absolute Gasteiger partial charge is 0.417 e. The Hall–Kier alpha value is -1.89. The van der Waals surface area contributed by atoms with Gasteiger partial charge in [0.25, 0.3) is 5.56 Å². The molecule has 102 valence electrons. The average molecular weight is 292 g/mol. The summed E-state index contributed by atoms with van der Waals surface area (Å²) in [4.78, 5) is 11.4. The van der Waals surface area contributed by atoms with E-state index in [9.17, 15) is 18.0 Å². The predicted molar refractivity (Wildman–Crippen MR) is 65.0 cm³/mol. The van der Waals surface area contributed by atoms with E-state index in [1.54, 1.807) is 0 Å². The number of nitrogens with one attached hydrogen (secondary N) is 1. The summed E-state index contributed by atoms with van der Waals surface area (Å²) >= 11 is 5.50. The summed E-state index contributed by atoms with van der Waals surface area (Å²) in [6, 6.07) is 4.63. The fourth-order valence-electron chi connectivity index (χ4n) is 1.64. The zero-order chi connectivity index (χ0) is 14.2. The van der Waals surface area contributed by atoms with Crippen LogP contribution in [-0.2, 0) is 12.7 Å². The maximum absolute atomic E-state index is 12.7. The number of halogens is 4. The van der Waals surface area contributed by atoms with Crippen LogP contribution in [0.15, 0.2) is 29.1 Å². The van der Waals surface area contributed by atoms with E-state index in [0.717, 1.165) is 22.9 Å². The van der Waals surface area contributed by atoms with Crippen LogP contribution in [0.25, 0.3) is 0 Å². The van der Waals surface area contributed by atoms with Crippen LogP contribution in [0.4, 0.5) is 19.0 Å². The van der Waals surface area contributed by atoms with Gasteiger partial charge >= 0.3 is 6.18 Å². The van der Waals surface area contributed by atoms with Gasteiger partial charge < -0.3 is 5.73 Å². The van der Waals surface area contributed by atoms with Gasteiger partial charge in [-0.1, -0.05) is 17.7 Å². The molecule has 0 fully saturated rings. The van der Waals surface area contributed by atoms with Gasteiger partial charge in [0.15, 0.2) is 0 Å². The van der Waals surface area contributed by atoms with E-state index in [4.69, 9.17) is 17.3 Å². The highest BCUT2D eigenvalue weighted by Crippen LogP contribution is 2.35. The standard InChI is InChI=1S/C11H9ClF3N3O/c12-8-2-1-6(3-7(8)11(13,14)15)5-18-10(19)4-9(16)17-18/h1-4,17H,5,16H2. The normalized spacial score (nSPS) is 11.8. The lowest BCUT2D eigenvalue weighted by Gasteiger charge is -2.11. The monoisotopic (exact) mass is 291 g/mol. The number of benzene rings is 1. The Morgan fingerprint density at radius 2 is 2.00 bits per heavy atom. The molecule has 0 saturated heterocycles. The van der Waals surface area contributed by atoms with E-state index in [2.05, 4.69) is 5.10 Å². The Bertz CT molecular complexity index is 660. The van der Waals surface area contributed by atoms with Crippen LogP contribution in [0.5, 0.6) is 0 Å². The second kappa shape index (κ2) is 4.65. The van der Waals surface area contributed by atoms with Crippen molar-refractivity contribution >= 4 is 17.4 Å². The molecule has 4 nitrogen and oxygen atoms in total. The number of nitrogen functional groups attached to an aromatic ring is 1. The molecular weight excluding hydrogens is 283 g/mol. The maximum Gasteiger partial charge on any atom is 0.417 e. The summed E-state index contributed by atoms with van der Waals surface area (Å²) in [6.45, 7) is -0.0454. The Balaban J connectivity index is 2.37. The number of alkyl halides is 3. The summed E-state index contributed by atoms with van der Waals surface area (Å²) in [6.07, 6.45) is -4.53. The smallest absolute Gasteiger partial charge is 0.384 e. The molecule has 0 aliphatic carbocycles. The summed E-state index contributed by atoms with van der Waals surface area (Å²) in [5, 5.41) is 2.15. The van der Waals surface area contributed by atoms with Gasteiger partial charge in [0.1, 0.15) is 5.82 Å². The van der Waals surface area contributed by atoms with Gasteiger partial charge in [-0.15, -0.1) is 0 Å². The fraction of sp³-hybridized carbons (Fsp3) is 0.182. The van der Waals surface area contributed by atoms with Crippen molar-refractivity contribution in [2.24, 2.45) is 0 Å². The lowest BCUT2D eigenvalue weighted by atomic mass is 10.1. The number of hydrogen-bond acceptors (Lipinski definition) is 2. The second-order valence-corrected chi connectivity index (χ2v) is 4.36. The lowest BCUT2D eigenvalue weighted by molar-refractivity contribution is -0.137. The van der Waals surface area contributed by atoms with Gasteiger partial charge in [0.2, 0.25) is 0 Å². The van der Waals surface area contributed by atoms with Crippen LogP contribution >= 0.6 is 11.6 Å². The first-order chi connectivity index (χ1) is 8.77. The van der Waals surface area contributed by atoms with Crippen molar-refractivity contribution in [1.29, 1.82) is 0 Å². The van der Waals surface area contributed by atoms with E-state index in [1.165, 1.54) is 6.07 Å². The molecule has 0 bridgehead atoms. The molecule has 1 aromatic heterocycles. The molecular formula is C11H9ClF3N3O. The Morgan fingerprint density at radius 1 is 1.32 bits per heavy atom. The van der Waals surface area contributed by atoms with Crippen LogP contribution in [0.2, 0.25) is 5.02 Å². The first-order valence-corrected chi connectivity index (χ1v) is 5.56. The fourth-order valence-corrected chi connectivity index (χ4v) is 1.87. The molecule has 0 atom stereocenters.